The second kappa shape index (κ2) is 8.93. The Morgan fingerprint density at radius 3 is 2.50 bits per heavy atom. The lowest BCUT2D eigenvalue weighted by molar-refractivity contribution is -0.153. The van der Waals surface area contributed by atoms with Gasteiger partial charge in [0, 0.05) is 0 Å². The number of allylic oxidation sites excluding steroid dienone is 2. The van der Waals surface area contributed by atoms with E-state index in [9.17, 15) is 9.90 Å². The fraction of sp³-hybridized carbons (Fsp3) is 0.688. The van der Waals surface area contributed by atoms with Gasteiger partial charge in [-0.1, -0.05) is 63.7 Å². The highest BCUT2D eigenvalue weighted by Crippen LogP contribution is 2.21. The number of carbonyl (C=O) groups is 1. The van der Waals surface area contributed by atoms with Crippen LogP contribution in [0.2, 0.25) is 0 Å². The summed E-state index contributed by atoms with van der Waals surface area (Å²) in [7, 11) is 0. The maximum absolute atomic E-state index is 11.8. The maximum atomic E-state index is 11.8. The lowest BCUT2D eigenvalue weighted by Crippen LogP contribution is -2.49. The summed E-state index contributed by atoms with van der Waals surface area (Å²) in [5, 5.41) is 9.87. The highest BCUT2D eigenvalue weighted by atomic mass is 16.5. The number of unbranched alkanes of at least 4 members (excludes halogenated alkanes) is 6. The lowest BCUT2D eigenvalue weighted by Gasteiger charge is -2.27. The molecule has 0 saturated carbocycles. The van der Waals surface area contributed by atoms with Crippen LogP contribution in [0.15, 0.2) is 24.3 Å². The number of hydrogen-bond donors (Lipinski definition) is 2. The van der Waals surface area contributed by atoms with Crippen molar-refractivity contribution in [1.82, 2.24) is 0 Å². The fourth-order valence-corrected chi connectivity index (χ4v) is 2.23. The van der Waals surface area contributed by atoms with Crippen LogP contribution in [0, 0.1) is 5.92 Å². The lowest BCUT2D eigenvalue weighted by atomic mass is 9.92. The van der Waals surface area contributed by atoms with Gasteiger partial charge in [0.15, 0.2) is 0 Å². The Morgan fingerprint density at radius 2 is 1.85 bits per heavy atom. The van der Waals surface area contributed by atoms with Gasteiger partial charge in [0.05, 0.1) is 6.61 Å². The molecular formula is C16H27NO3. The third-order valence-electron chi connectivity index (χ3n) is 3.52. The summed E-state index contributed by atoms with van der Waals surface area (Å²) < 4.78 is 5.18. The van der Waals surface area contributed by atoms with Gasteiger partial charge in [-0.25, -0.2) is 0 Å². The molecule has 0 aromatic carbocycles. The first-order valence-corrected chi connectivity index (χ1v) is 7.62. The van der Waals surface area contributed by atoms with Crippen molar-refractivity contribution in [3.63, 3.8) is 0 Å². The van der Waals surface area contributed by atoms with Gasteiger partial charge >= 0.3 is 5.97 Å². The van der Waals surface area contributed by atoms with E-state index in [0.29, 0.717) is 6.61 Å². The smallest absolute Gasteiger partial charge is 0.317 e. The number of aliphatic hydroxyl groups is 1. The first kappa shape index (κ1) is 16.9. The van der Waals surface area contributed by atoms with Gasteiger partial charge in [0.1, 0.15) is 11.6 Å². The van der Waals surface area contributed by atoms with Crippen molar-refractivity contribution in [1.29, 1.82) is 0 Å². The first-order chi connectivity index (χ1) is 9.58. The predicted octanol–water partition coefficient (Wildman–Crippen LogP) is 2.67. The molecule has 0 radical (unpaired) electrons. The van der Waals surface area contributed by atoms with E-state index in [-0.39, 0.29) is 0 Å². The van der Waals surface area contributed by atoms with E-state index in [0.717, 1.165) is 12.8 Å². The standard InChI is InChI=1S/C16H27NO3/c1-2-3-4-5-6-7-10-13-20-15(18)14-11-8-9-12-16(14,17)19/h8-9,11-12,14,19H,2-7,10,13,17H2,1H3. The third-order valence-corrected chi connectivity index (χ3v) is 3.52. The average molecular weight is 281 g/mol. The molecule has 2 atom stereocenters. The number of nitrogens with two attached hydrogens (primary N) is 1. The van der Waals surface area contributed by atoms with Gasteiger partial charge in [-0.2, -0.15) is 0 Å². The van der Waals surface area contributed by atoms with E-state index in [2.05, 4.69) is 6.92 Å². The molecule has 1 aliphatic carbocycles. The van der Waals surface area contributed by atoms with Crippen LogP contribution in [0.4, 0.5) is 0 Å². The van der Waals surface area contributed by atoms with Gasteiger partial charge in [-0.05, 0) is 12.5 Å². The van der Waals surface area contributed by atoms with Crippen LogP contribution >= 0.6 is 0 Å². The highest BCUT2D eigenvalue weighted by molar-refractivity contribution is 5.76. The third kappa shape index (κ3) is 5.88. The number of rotatable bonds is 9. The Labute approximate surface area is 121 Å². The van der Waals surface area contributed by atoms with Crippen molar-refractivity contribution < 1.29 is 14.6 Å². The van der Waals surface area contributed by atoms with Crippen molar-refractivity contribution in [2.75, 3.05) is 6.61 Å². The number of ether oxygens (including phenoxy) is 1. The molecular weight excluding hydrogens is 254 g/mol. The van der Waals surface area contributed by atoms with Crippen molar-refractivity contribution >= 4 is 5.97 Å². The molecule has 0 aromatic rings. The van der Waals surface area contributed by atoms with Crippen LogP contribution in [0.3, 0.4) is 0 Å². The molecule has 0 amide bonds. The molecule has 20 heavy (non-hydrogen) atoms. The molecule has 0 spiro atoms. The zero-order valence-electron chi connectivity index (χ0n) is 12.4. The molecule has 1 aliphatic rings. The molecule has 4 heteroatoms. The molecule has 114 valence electrons. The highest BCUT2D eigenvalue weighted by Gasteiger charge is 2.36. The van der Waals surface area contributed by atoms with Gasteiger partial charge in [-0.15, -0.1) is 0 Å². The Bertz CT molecular complexity index is 348. The zero-order valence-corrected chi connectivity index (χ0v) is 12.4. The Hall–Kier alpha value is -1.13. The number of carbonyl (C=O) groups excluding carboxylic acids is 1. The number of esters is 1. The van der Waals surface area contributed by atoms with Crippen molar-refractivity contribution in [3.8, 4) is 0 Å². The van der Waals surface area contributed by atoms with Crippen molar-refractivity contribution in [3.05, 3.63) is 24.3 Å². The fourth-order valence-electron chi connectivity index (χ4n) is 2.23. The normalized spacial score (nSPS) is 24.9. The molecule has 0 aromatic heterocycles. The molecule has 4 nitrogen and oxygen atoms in total. The van der Waals surface area contributed by atoms with E-state index in [1.807, 2.05) is 0 Å². The summed E-state index contributed by atoms with van der Waals surface area (Å²) in [5.74, 6) is -1.27. The van der Waals surface area contributed by atoms with Gasteiger partial charge < -0.3 is 9.84 Å². The molecule has 0 heterocycles. The quantitative estimate of drug-likeness (QED) is 0.387. The maximum Gasteiger partial charge on any atom is 0.317 e. The van der Waals surface area contributed by atoms with Crippen molar-refractivity contribution in [2.24, 2.45) is 11.7 Å². The molecule has 2 unspecified atom stereocenters. The second-order valence-corrected chi connectivity index (χ2v) is 5.40. The minimum atomic E-state index is -1.63. The topological polar surface area (TPSA) is 72.5 Å². The van der Waals surface area contributed by atoms with E-state index < -0.39 is 17.6 Å². The SMILES string of the molecule is CCCCCCCCCOC(=O)C1C=CC=CC1(N)O. The summed E-state index contributed by atoms with van der Waals surface area (Å²) in [5.41, 5.74) is 4.01. The molecule has 3 N–H and O–H groups in total. The van der Waals surface area contributed by atoms with Gasteiger partial charge in [0.2, 0.25) is 0 Å². The van der Waals surface area contributed by atoms with Crippen molar-refractivity contribution in [2.45, 2.75) is 57.6 Å². The van der Waals surface area contributed by atoms with Crippen LogP contribution < -0.4 is 5.73 Å². The summed E-state index contributed by atoms with van der Waals surface area (Å²) >= 11 is 0. The molecule has 1 rings (SSSR count). The average Bonchev–Trinajstić information content (AvgIpc) is 2.41. The Kier molecular flexibility index (Phi) is 7.55. The van der Waals surface area contributed by atoms with Crippen LogP contribution in [0.25, 0.3) is 0 Å². The van der Waals surface area contributed by atoms with Gasteiger partial charge in [-0.3, -0.25) is 10.5 Å². The van der Waals surface area contributed by atoms with E-state index in [1.165, 1.54) is 38.2 Å². The summed E-state index contributed by atoms with van der Waals surface area (Å²) in [6.45, 7) is 2.60. The van der Waals surface area contributed by atoms with E-state index >= 15 is 0 Å². The molecule has 0 aliphatic heterocycles. The second-order valence-electron chi connectivity index (χ2n) is 5.40. The van der Waals surface area contributed by atoms with E-state index in [4.69, 9.17) is 10.5 Å². The van der Waals surface area contributed by atoms with Gasteiger partial charge in [0.25, 0.3) is 0 Å². The van der Waals surface area contributed by atoms with Crippen LogP contribution in [-0.4, -0.2) is 23.4 Å². The Balaban J connectivity index is 2.11. The summed E-state index contributed by atoms with van der Waals surface area (Å²) in [4.78, 5) is 11.8. The number of hydrogen-bond acceptors (Lipinski definition) is 4. The Morgan fingerprint density at radius 1 is 1.20 bits per heavy atom. The van der Waals surface area contributed by atoms with Crippen LogP contribution in [0.1, 0.15) is 51.9 Å². The zero-order chi connectivity index (χ0) is 14.8. The largest absolute Gasteiger partial charge is 0.465 e. The monoisotopic (exact) mass is 281 g/mol. The minimum Gasteiger partial charge on any atom is -0.465 e. The molecule has 0 fully saturated rings. The first-order valence-electron chi connectivity index (χ1n) is 7.62. The van der Waals surface area contributed by atoms with E-state index in [1.54, 1.807) is 18.2 Å². The molecule has 0 bridgehead atoms. The predicted molar refractivity (Wildman–Crippen MR) is 79.9 cm³/mol. The summed E-state index contributed by atoms with van der Waals surface area (Å²) in [6, 6.07) is 0. The van der Waals surface area contributed by atoms with Crippen LogP contribution in [0.5, 0.6) is 0 Å². The minimum absolute atomic E-state index is 0.400. The molecule has 0 saturated heterocycles. The summed E-state index contributed by atoms with van der Waals surface area (Å²) in [6.07, 6.45) is 14.5. The van der Waals surface area contributed by atoms with Crippen LogP contribution in [-0.2, 0) is 9.53 Å².